The Morgan fingerprint density at radius 1 is 0.786 bits per heavy atom. The van der Waals surface area contributed by atoms with Gasteiger partial charge in [0.1, 0.15) is 24.4 Å². The molecule has 14 atom stereocenters. The van der Waals surface area contributed by atoms with E-state index in [0.29, 0.717) is 12.5 Å². The minimum atomic E-state index is -1.50. The number of nitrogens with one attached hydrogen (secondary N) is 2. The summed E-state index contributed by atoms with van der Waals surface area (Å²) in [7, 11) is 0. The molecule has 4 rings (SSSR count). The van der Waals surface area contributed by atoms with E-state index in [-0.39, 0.29) is 18.9 Å². The first-order valence-electron chi connectivity index (χ1n) is 15.0. The van der Waals surface area contributed by atoms with Gasteiger partial charge in [-0.15, -0.1) is 0 Å². The summed E-state index contributed by atoms with van der Waals surface area (Å²) < 4.78 is 18.0. The third-order valence-electron chi connectivity index (χ3n) is 9.39. The predicted molar refractivity (Wildman–Crippen MR) is 148 cm³/mol. The smallest absolute Gasteiger partial charge is 0.186 e. The van der Waals surface area contributed by atoms with Gasteiger partial charge in [-0.3, -0.25) is 0 Å². The molecular weight excluding hydrogens is 556 g/mol. The lowest BCUT2D eigenvalue weighted by molar-refractivity contribution is -0.307. The van der Waals surface area contributed by atoms with Crippen molar-refractivity contribution < 1.29 is 50.0 Å². The molecule has 0 radical (unpaired) electrons. The number of ether oxygens (including phenoxy) is 3. The maximum absolute atomic E-state index is 11.8. The van der Waals surface area contributed by atoms with Gasteiger partial charge in [0.2, 0.25) is 0 Å². The van der Waals surface area contributed by atoms with Crippen LogP contribution in [0.5, 0.6) is 0 Å². The topological polar surface area (TPSA) is 297 Å². The molecule has 2 saturated carbocycles. The zero-order chi connectivity index (χ0) is 30.7. The number of nitrogens with two attached hydrogens (primary N) is 4. The lowest BCUT2D eigenvalue weighted by Crippen LogP contribution is -2.70. The van der Waals surface area contributed by atoms with E-state index in [1.54, 1.807) is 0 Å². The van der Waals surface area contributed by atoms with Crippen LogP contribution in [0.15, 0.2) is 0 Å². The van der Waals surface area contributed by atoms with Gasteiger partial charge in [0, 0.05) is 36.6 Å². The largest absolute Gasteiger partial charge is 0.395 e. The van der Waals surface area contributed by atoms with Crippen LogP contribution in [0.2, 0.25) is 0 Å². The fourth-order valence-electron chi connectivity index (χ4n) is 6.82. The lowest BCUT2D eigenvalue weighted by atomic mass is 9.72. The van der Waals surface area contributed by atoms with Gasteiger partial charge < -0.3 is 83.5 Å². The van der Waals surface area contributed by atoms with Crippen molar-refractivity contribution in [2.45, 2.75) is 117 Å². The lowest BCUT2D eigenvalue weighted by Gasteiger charge is -2.52. The van der Waals surface area contributed by atoms with E-state index >= 15 is 0 Å². The first-order chi connectivity index (χ1) is 20.0. The third-order valence-corrected chi connectivity index (χ3v) is 9.39. The molecule has 0 aromatic heterocycles. The number of hydrogen-bond acceptors (Lipinski definition) is 16. The van der Waals surface area contributed by atoms with Crippen molar-refractivity contribution in [1.82, 2.24) is 10.6 Å². The minimum absolute atomic E-state index is 0.198. The van der Waals surface area contributed by atoms with Crippen molar-refractivity contribution in [1.29, 1.82) is 0 Å². The van der Waals surface area contributed by atoms with Gasteiger partial charge in [0.05, 0.1) is 56.3 Å². The Morgan fingerprint density at radius 2 is 1.48 bits per heavy atom. The van der Waals surface area contributed by atoms with Crippen LogP contribution in [0.4, 0.5) is 0 Å². The van der Waals surface area contributed by atoms with Gasteiger partial charge >= 0.3 is 0 Å². The quantitative estimate of drug-likeness (QED) is 0.0979. The van der Waals surface area contributed by atoms with Crippen molar-refractivity contribution in [2.75, 3.05) is 32.9 Å². The Morgan fingerprint density at radius 3 is 2.10 bits per heavy atom. The van der Waals surface area contributed by atoms with E-state index in [0.717, 1.165) is 19.4 Å². The molecule has 0 bridgehead atoms. The first kappa shape index (κ1) is 34.2. The van der Waals surface area contributed by atoms with E-state index in [4.69, 9.17) is 37.1 Å². The van der Waals surface area contributed by atoms with Crippen LogP contribution in [0.25, 0.3) is 0 Å². The Hall–Kier alpha value is -0.640. The summed E-state index contributed by atoms with van der Waals surface area (Å²) in [6.45, 7) is -0.278. The SMILES string of the molecule is NC1CC(CNC[C@H]2O[C@H](C3[C@@H](N)C[C@@H](NC(CO)CO)[C@H](O[C@H]4O[C@H](CO)[C@@H](O)[C@H](N)[C@H]4O)[C@H]3O)[C@H](N)C[C@@H]2O)C1. The number of hydrogen-bond donors (Lipinski definition) is 13. The molecule has 4 fully saturated rings. The molecular formula is C26H52N6O10. The van der Waals surface area contributed by atoms with Gasteiger partial charge in [-0.05, 0) is 38.1 Å². The van der Waals surface area contributed by atoms with Crippen LogP contribution in [-0.2, 0) is 14.2 Å². The molecule has 2 saturated heterocycles. The summed E-state index contributed by atoms with van der Waals surface area (Å²) in [5.41, 5.74) is 24.9. The molecule has 0 amide bonds. The van der Waals surface area contributed by atoms with E-state index in [2.05, 4.69) is 10.6 Å². The highest BCUT2D eigenvalue weighted by Crippen LogP contribution is 2.37. The Kier molecular flexibility index (Phi) is 12.3. The van der Waals surface area contributed by atoms with Crippen LogP contribution < -0.4 is 33.6 Å². The maximum atomic E-state index is 11.8. The van der Waals surface area contributed by atoms with E-state index in [1.165, 1.54) is 0 Å². The summed E-state index contributed by atoms with van der Waals surface area (Å²) in [6, 6.07) is -3.77. The molecule has 17 N–H and O–H groups in total. The predicted octanol–water partition coefficient (Wildman–Crippen LogP) is -6.67. The second-order valence-corrected chi connectivity index (χ2v) is 12.5. The standard InChI is InChI=1S/C26H52N6O10/c27-11-1-10(2-11)5-31-6-17-16(36)4-14(29)24(40-17)19-13(28)3-15(32-12(7-33)8-34)25(22(19)38)42-26-23(39)20(30)21(37)18(9-35)41-26/h10-26,31-39H,1-9,27-30H2/t10?,11?,13-,14+,15+,16-,17+,18+,19?,20-,21+,22-,23+,24-,25-,26+/m0/s1. The normalized spacial score (nSPS) is 48.3. The van der Waals surface area contributed by atoms with Gasteiger partial charge in [-0.2, -0.15) is 0 Å². The Labute approximate surface area is 245 Å². The molecule has 1 unspecified atom stereocenters. The Bertz CT molecular complexity index is 826. The fourth-order valence-corrected chi connectivity index (χ4v) is 6.82. The number of rotatable bonds is 12. The average Bonchev–Trinajstić information content (AvgIpc) is 2.94. The van der Waals surface area contributed by atoms with Crippen LogP contribution in [-0.4, -0.2) is 160 Å². The van der Waals surface area contributed by atoms with Crippen molar-refractivity contribution >= 4 is 0 Å². The van der Waals surface area contributed by atoms with Gasteiger partial charge in [-0.1, -0.05) is 0 Å². The summed E-state index contributed by atoms with van der Waals surface area (Å²) in [4.78, 5) is 0. The molecule has 0 aromatic rings. The molecule has 246 valence electrons. The van der Waals surface area contributed by atoms with Crippen molar-refractivity contribution in [3.63, 3.8) is 0 Å². The number of aliphatic hydroxyl groups is 7. The van der Waals surface area contributed by atoms with E-state index in [1.807, 2.05) is 0 Å². The molecule has 16 heteroatoms. The highest BCUT2D eigenvalue weighted by atomic mass is 16.7. The highest BCUT2D eigenvalue weighted by Gasteiger charge is 2.53. The molecule has 16 nitrogen and oxygen atoms in total. The first-order valence-corrected chi connectivity index (χ1v) is 15.0. The molecule has 0 spiro atoms. The molecule has 0 aromatic carbocycles. The summed E-state index contributed by atoms with van der Waals surface area (Å²) >= 11 is 0. The summed E-state index contributed by atoms with van der Waals surface area (Å²) in [6.07, 6.45) is -7.75. The van der Waals surface area contributed by atoms with Gasteiger partial charge in [0.15, 0.2) is 6.29 Å². The van der Waals surface area contributed by atoms with E-state index in [9.17, 15) is 35.7 Å². The minimum Gasteiger partial charge on any atom is -0.395 e. The zero-order valence-corrected chi connectivity index (χ0v) is 23.8. The molecule has 4 aliphatic rings. The fraction of sp³-hybridized carbons (Fsp3) is 1.00. The third kappa shape index (κ3) is 7.59. The van der Waals surface area contributed by atoms with Crippen LogP contribution in [0.3, 0.4) is 0 Å². The zero-order valence-electron chi connectivity index (χ0n) is 23.8. The second-order valence-electron chi connectivity index (χ2n) is 12.5. The van der Waals surface area contributed by atoms with Crippen molar-refractivity contribution in [3.05, 3.63) is 0 Å². The van der Waals surface area contributed by atoms with Crippen molar-refractivity contribution in [2.24, 2.45) is 34.8 Å². The maximum Gasteiger partial charge on any atom is 0.186 e. The monoisotopic (exact) mass is 608 g/mol. The van der Waals surface area contributed by atoms with Crippen molar-refractivity contribution in [3.8, 4) is 0 Å². The number of aliphatic hydroxyl groups excluding tert-OH is 7. The Balaban J connectivity index is 1.50. The average molecular weight is 609 g/mol. The van der Waals surface area contributed by atoms with Gasteiger partial charge in [-0.25, -0.2) is 0 Å². The molecule has 2 aliphatic carbocycles. The second kappa shape index (κ2) is 15.1. The van der Waals surface area contributed by atoms with Crippen LogP contribution >= 0.6 is 0 Å². The van der Waals surface area contributed by atoms with E-state index < -0.39 is 111 Å². The van der Waals surface area contributed by atoms with Gasteiger partial charge in [0.25, 0.3) is 0 Å². The summed E-state index contributed by atoms with van der Waals surface area (Å²) in [5.74, 6) is -0.286. The summed E-state index contributed by atoms with van der Waals surface area (Å²) in [5, 5.41) is 78.8. The van der Waals surface area contributed by atoms with Crippen LogP contribution in [0.1, 0.15) is 25.7 Å². The highest BCUT2D eigenvalue weighted by molar-refractivity contribution is 5.06. The molecule has 2 aliphatic heterocycles. The molecule has 2 heterocycles. The molecule has 42 heavy (non-hydrogen) atoms. The van der Waals surface area contributed by atoms with Crippen LogP contribution in [0, 0.1) is 11.8 Å².